The molecule has 3 heteroatoms. The van der Waals surface area contributed by atoms with E-state index in [9.17, 15) is 0 Å². The summed E-state index contributed by atoms with van der Waals surface area (Å²) in [6.07, 6.45) is 2.48. The van der Waals surface area contributed by atoms with Crippen molar-refractivity contribution in [2.45, 2.75) is 18.2 Å². The monoisotopic (exact) mass is 264 g/mol. The average Bonchev–Trinajstić information content (AvgIpc) is 2.81. The Hall–Kier alpha value is -1.01. The maximum atomic E-state index is 9.11. The van der Waals surface area contributed by atoms with Crippen LogP contribution in [0.25, 0.3) is 0 Å². The maximum Gasteiger partial charge on any atom is 0.101 e. The van der Waals surface area contributed by atoms with Crippen molar-refractivity contribution < 1.29 is 0 Å². The number of benzene rings is 1. The highest BCUT2D eigenvalue weighted by atomic mass is 79.9. The van der Waals surface area contributed by atoms with Crippen molar-refractivity contribution in [3.05, 3.63) is 29.3 Å². The zero-order chi connectivity index (χ0) is 10.7. The standard InChI is InChI=1S/C12H13BrN2/c13-8-10-3-4-12(11(7-10)9-14)15-5-1-2-6-15/h3-4,7H,1-2,5-6,8H2. The fourth-order valence-corrected chi connectivity index (χ4v) is 2.34. The van der Waals surface area contributed by atoms with Gasteiger partial charge in [0.05, 0.1) is 11.3 Å². The van der Waals surface area contributed by atoms with Crippen LogP contribution in [0.3, 0.4) is 0 Å². The Bertz CT molecular complexity index is 389. The average molecular weight is 265 g/mol. The summed E-state index contributed by atoms with van der Waals surface area (Å²) in [5, 5.41) is 9.91. The van der Waals surface area contributed by atoms with Crippen molar-refractivity contribution in [3.8, 4) is 6.07 Å². The van der Waals surface area contributed by atoms with Gasteiger partial charge in [-0.25, -0.2) is 0 Å². The van der Waals surface area contributed by atoms with Crippen LogP contribution in [0, 0.1) is 11.3 Å². The maximum absolute atomic E-state index is 9.11. The van der Waals surface area contributed by atoms with Gasteiger partial charge in [-0.05, 0) is 30.5 Å². The van der Waals surface area contributed by atoms with E-state index < -0.39 is 0 Å². The molecule has 0 amide bonds. The molecule has 0 bridgehead atoms. The van der Waals surface area contributed by atoms with Crippen LogP contribution in [0.4, 0.5) is 5.69 Å². The smallest absolute Gasteiger partial charge is 0.101 e. The molecule has 1 fully saturated rings. The third kappa shape index (κ3) is 2.15. The van der Waals surface area contributed by atoms with Crippen LogP contribution in [0.5, 0.6) is 0 Å². The molecule has 1 saturated heterocycles. The van der Waals surface area contributed by atoms with Gasteiger partial charge in [-0.1, -0.05) is 22.0 Å². The fourth-order valence-electron chi connectivity index (χ4n) is 1.99. The van der Waals surface area contributed by atoms with Gasteiger partial charge in [-0.2, -0.15) is 5.26 Å². The summed E-state index contributed by atoms with van der Waals surface area (Å²) in [6, 6.07) is 8.42. The number of hydrogen-bond acceptors (Lipinski definition) is 2. The molecule has 1 heterocycles. The van der Waals surface area contributed by atoms with Crippen LogP contribution in [0.1, 0.15) is 24.0 Å². The van der Waals surface area contributed by atoms with E-state index in [2.05, 4.69) is 39.0 Å². The summed E-state index contributed by atoms with van der Waals surface area (Å²) in [6.45, 7) is 2.17. The minimum Gasteiger partial charge on any atom is -0.370 e. The first-order valence-corrected chi connectivity index (χ1v) is 6.31. The third-order valence-electron chi connectivity index (χ3n) is 2.78. The minimum absolute atomic E-state index is 0.800. The van der Waals surface area contributed by atoms with Gasteiger partial charge in [0.15, 0.2) is 0 Å². The molecule has 15 heavy (non-hydrogen) atoms. The van der Waals surface area contributed by atoms with Crippen LogP contribution < -0.4 is 4.90 Å². The first-order valence-electron chi connectivity index (χ1n) is 5.19. The number of anilines is 1. The lowest BCUT2D eigenvalue weighted by molar-refractivity contribution is 0.949. The summed E-state index contributed by atoms with van der Waals surface area (Å²) in [5.41, 5.74) is 3.06. The summed E-state index contributed by atoms with van der Waals surface area (Å²) >= 11 is 3.41. The van der Waals surface area contributed by atoms with Gasteiger partial charge in [0.2, 0.25) is 0 Å². The molecule has 1 aromatic carbocycles. The van der Waals surface area contributed by atoms with E-state index in [1.807, 2.05) is 6.07 Å². The molecule has 0 atom stereocenters. The van der Waals surface area contributed by atoms with E-state index >= 15 is 0 Å². The van der Waals surface area contributed by atoms with Gasteiger partial charge in [0.25, 0.3) is 0 Å². The first kappa shape index (κ1) is 10.5. The molecule has 0 N–H and O–H groups in total. The molecule has 0 radical (unpaired) electrons. The number of nitriles is 1. The van der Waals surface area contributed by atoms with E-state index in [1.165, 1.54) is 12.8 Å². The van der Waals surface area contributed by atoms with Gasteiger partial charge >= 0.3 is 0 Å². The zero-order valence-corrected chi connectivity index (χ0v) is 10.1. The first-order chi connectivity index (χ1) is 7.35. The molecular formula is C12H13BrN2. The zero-order valence-electron chi connectivity index (χ0n) is 8.54. The molecule has 1 aliphatic heterocycles. The fraction of sp³-hybridized carbons (Fsp3) is 0.417. The van der Waals surface area contributed by atoms with Crippen molar-refractivity contribution in [1.82, 2.24) is 0 Å². The van der Waals surface area contributed by atoms with E-state index in [0.717, 1.165) is 35.2 Å². The summed E-state index contributed by atoms with van der Waals surface area (Å²) < 4.78 is 0. The lowest BCUT2D eigenvalue weighted by Gasteiger charge is -2.19. The van der Waals surface area contributed by atoms with Gasteiger partial charge in [0, 0.05) is 18.4 Å². The van der Waals surface area contributed by atoms with Crippen molar-refractivity contribution in [1.29, 1.82) is 5.26 Å². The highest BCUT2D eigenvalue weighted by Crippen LogP contribution is 2.25. The topological polar surface area (TPSA) is 27.0 Å². The Balaban J connectivity index is 2.34. The Morgan fingerprint density at radius 3 is 2.67 bits per heavy atom. The molecule has 78 valence electrons. The Labute approximate surface area is 98.6 Å². The Morgan fingerprint density at radius 2 is 2.07 bits per heavy atom. The Morgan fingerprint density at radius 1 is 1.33 bits per heavy atom. The van der Waals surface area contributed by atoms with Crippen LogP contribution in [0.2, 0.25) is 0 Å². The predicted molar refractivity (Wildman–Crippen MR) is 65.2 cm³/mol. The lowest BCUT2D eigenvalue weighted by Crippen LogP contribution is -2.18. The minimum atomic E-state index is 0.800. The number of rotatable bonds is 2. The van der Waals surface area contributed by atoms with Gasteiger partial charge in [0.1, 0.15) is 6.07 Å². The molecule has 1 aliphatic rings. The number of hydrogen-bond donors (Lipinski definition) is 0. The second-order valence-electron chi connectivity index (χ2n) is 3.79. The number of halogens is 1. The molecule has 0 saturated carbocycles. The van der Waals surface area contributed by atoms with Crippen molar-refractivity contribution >= 4 is 21.6 Å². The van der Waals surface area contributed by atoms with Gasteiger partial charge < -0.3 is 4.90 Å². The van der Waals surface area contributed by atoms with E-state index in [4.69, 9.17) is 5.26 Å². The normalized spacial score (nSPS) is 15.3. The number of nitrogens with zero attached hydrogens (tertiary/aromatic N) is 2. The molecule has 2 rings (SSSR count). The number of alkyl halides is 1. The predicted octanol–water partition coefficient (Wildman–Crippen LogP) is 3.05. The van der Waals surface area contributed by atoms with Crippen molar-refractivity contribution in [2.75, 3.05) is 18.0 Å². The molecule has 0 unspecified atom stereocenters. The van der Waals surface area contributed by atoms with Crippen LogP contribution in [-0.2, 0) is 5.33 Å². The summed E-state index contributed by atoms with van der Waals surface area (Å²) in [5.74, 6) is 0. The van der Waals surface area contributed by atoms with Gasteiger partial charge in [-0.3, -0.25) is 0 Å². The SMILES string of the molecule is N#Cc1cc(CBr)ccc1N1CCCC1. The summed E-state index contributed by atoms with van der Waals surface area (Å²) in [7, 11) is 0. The quantitative estimate of drug-likeness (QED) is 0.768. The molecule has 2 nitrogen and oxygen atoms in total. The summed E-state index contributed by atoms with van der Waals surface area (Å²) in [4.78, 5) is 2.30. The van der Waals surface area contributed by atoms with Gasteiger partial charge in [-0.15, -0.1) is 0 Å². The second-order valence-corrected chi connectivity index (χ2v) is 4.35. The van der Waals surface area contributed by atoms with E-state index in [1.54, 1.807) is 0 Å². The highest BCUT2D eigenvalue weighted by Gasteiger charge is 2.15. The van der Waals surface area contributed by atoms with E-state index in [0.29, 0.717) is 0 Å². The molecule has 0 aliphatic carbocycles. The largest absolute Gasteiger partial charge is 0.370 e. The van der Waals surface area contributed by atoms with Crippen molar-refractivity contribution in [3.63, 3.8) is 0 Å². The molecule has 1 aromatic rings. The molecule has 0 aromatic heterocycles. The molecular weight excluding hydrogens is 252 g/mol. The highest BCUT2D eigenvalue weighted by molar-refractivity contribution is 9.08. The van der Waals surface area contributed by atoms with Crippen LogP contribution in [0.15, 0.2) is 18.2 Å². The third-order valence-corrected chi connectivity index (χ3v) is 3.43. The van der Waals surface area contributed by atoms with Crippen LogP contribution in [-0.4, -0.2) is 13.1 Å². The Kier molecular flexibility index (Phi) is 3.27. The van der Waals surface area contributed by atoms with E-state index in [-0.39, 0.29) is 0 Å². The second kappa shape index (κ2) is 4.67. The van der Waals surface area contributed by atoms with Crippen LogP contribution >= 0.6 is 15.9 Å². The van der Waals surface area contributed by atoms with Crippen molar-refractivity contribution in [2.24, 2.45) is 0 Å². The lowest BCUT2D eigenvalue weighted by atomic mass is 10.1. The molecule has 0 spiro atoms.